The first-order valence-corrected chi connectivity index (χ1v) is 10.5. The van der Waals surface area contributed by atoms with Gasteiger partial charge in [-0.15, -0.1) is 0 Å². The van der Waals surface area contributed by atoms with Gasteiger partial charge in [-0.3, -0.25) is 4.79 Å². The Balaban J connectivity index is 1.83. The molecule has 33 heavy (non-hydrogen) atoms. The van der Waals surface area contributed by atoms with Crippen LogP contribution in [0, 0.1) is 27.7 Å². The topological polar surface area (TPSA) is 81.7 Å². The molecular formula is C27H23NO5. The first-order valence-electron chi connectivity index (χ1n) is 10.5. The lowest BCUT2D eigenvalue weighted by molar-refractivity contribution is -0.133. The van der Waals surface area contributed by atoms with Gasteiger partial charge in [0.2, 0.25) is 5.78 Å². The second-order valence-electron chi connectivity index (χ2n) is 8.08. The molecular weight excluding hydrogens is 418 g/mol. The highest BCUT2D eigenvalue weighted by Crippen LogP contribution is 2.33. The van der Waals surface area contributed by atoms with Gasteiger partial charge in [0.05, 0.1) is 5.69 Å². The molecule has 3 aromatic carbocycles. The van der Waals surface area contributed by atoms with Crippen molar-refractivity contribution in [1.82, 2.24) is 0 Å². The lowest BCUT2D eigenvalue weighted by Gasteiger charge is -2.22. The fourth-order valence-corrected chi connectivity index (χ4v) is 3.85. The van der Waals surface area contributed by atoms with Gasteiger partial charge in [-0.25, -0.2) is 9.59 Å². The SMILES string of the molecule is Cc1cc(C)c(OC(=O)C(C(=O)c2ccccc2)=C2Nc3cc(C)ccc3OC2=O)c(C)c1. The van der Waals surface area contributed by atoms with Crippen molar-refractivity contribution in [2.75, 3.05) is 5.32 Å². The summed E-state index contributed by atoms with van der Waals surface area (Å²) in [6.07, 6.45) is 0. The molecule has 1 heterocycles. The summed E-state index contributed by atoms with van der Waals surface area (Å²) in [4.78, 5) is 39.7. The number of esters is 2. The fraction of sp³-hybridized carbons (Fsp3) is 0.148. The number of nitrogens with one attached hydrogen (secondary N) is 1. The van der Waals surface area contributed by atoms with Crippen LogP contribution in [0.25, 0.3) is 0 Å². The quantitative estimate of drug-likeness (QED) is 0.153. The van der Waals surface area contributed by atoms with Gasteiger partial charge in [-0.1, -0.05) is 54.1 Å². The zero-order valence-corrected chi connectivity index (χ0v) is 18.8. The van der Waals surface area contributed by atoms with E-state index in [-0.39, 0.29) is 11.3 Å². The summed E-state index contributed by atoms with van der Waals surface area (Å²) in [5.41, 5.74) is 3.50. The van der Waals surface area contributed by atoms with Crippen LogP contribution in [0.2, 0.25) is 0 Å². The van der Waals surface area contributed by atoms with Crippen molar-refractivity contribution in [2.45, 2.75) is 27.7 Å². The Labute approximate surface area is 191 Å². The highest BCUT2D eigenvalue weighted by molar-refractivity contribution is 6.28. The van der Waals surface area contributed by atoms with Crippen LogP contribution < -0.4 is 14.8 Å². The normalized spacial score (nSPS) is 14.0. The van der Waals surface area contributed by atoms with Crippen molar-refractivity contribution in [1.29, 1.82) is 0 Å². The molecule has 0 amide bonds. The van der Waals surface area contributed by atoms with E-state index in [1.807, 2.05) is 39.8 Å². The van der Waals surface area contributed by atoms with Gasteiger partial charge in [-0.05, 0) is 56.5 Å². The maximum Gasteiger partial charge on any atom is 0.361 e. The number of anilines is 1. The van der Waals surface area contributed by atoms with Crippen molar-refractivity contribution >= 4 is 23.4 Å². The van der Waals surface area contributed by atoms with Gasteiger partial charge in [0.15, 0.2) is 5.75 Å². The third-order valence-corrected chi connectivity index (χ3v) is 5.32. The number of ketones is 1. The molecule has 3 aromatic rings. The zero-order valence-electron chi connectivity index (χ0n) is 18.8. The molecule has 0 aliphatic carbocycles. The Morgan fingerprint density at radius 2 is 1.52 bits per heavy atom. The number of fused-ring (bicyclic) bond motifs is 1. The molecule has 0 saturated carbocycles. The maximum absolute atomic E-state index is 13.4. The van der Waals surface area contributed by atoms with Gasteiger partial charge in [-0.2, -0.15) is 0 Å². The van der Waals surface area contributed by atoms with Crippen LogP contribution in [0.15, 0.2) is 71.9 Å². The molecule has 0 spiro atoms. The second kappa shape index (κ2) is 8.74. The summed E-state index contributed by atoms with van der Waals surface area (Å²) < 4.78 is 11.1. The number of aryl methyl sites for hydroxylation is 4. The van der Waals surface area contributed by atoms with Gasteiger partial charge in [0.25, 0.3) is 0 Å². The average molecular weight is 441 g/mol. The van der Waals surface area contributed by atoms with Crippen LogP contribution in [-0.4, -0.2) is 17.7 Å². The van der Waals surface area contributed by atoms with E-state index in [9.17, 15) is 14.4 Å². The highest BCUT2D eigenvalue weighted by Gasteiger charge is 2.34. The minimum atomic E-state index is -0.936. The van der Waals surface area contributed by atoms with Crippen LogP contribution in [0.5, 0.6) is 11.5 Å². The van der Waals surface area contributed by atoms with E-state index in [0.29, 0.717) is 17.2 Å². The van der Waals surface area contributed by atoms with E-state index in [4.69, 9.17) is 9.47 Å². The fourth-order valence-electron chi connectivity index (χ4n) is 3.85. The zero-order chi connectivity index (χ0) is 23.7. The van der Waals surface area contributed by atoms with Gasteiger partial charge in [0, 0.05) is 5.56 Å². The molecule has 0 radical (unpaired) electrons. The van der Waals surface area contributed by atoms with E-state index in [1.165, 1.54) is 0 Å². The van der Waals surface area contributed by atoms with Crippen LogP contribution in [0.4, 0.5) is 5.69 Å². The lowest BCUT2D eigenvalue weighted by Crippen LogP contribution is -2.31. The minimum Gasteiger partial charge on any atom is -0.422 e. The first kappa shape index (κ1) is 22.0. The first-order chi connectivity index (χ1) is 15.7. The smallest absolute Gasteiger partial charge is 0.361 e. The monoisotopic (exact) mass is 441 g/mol. The average Bonchev–Trinajstić information content (AvgIpc) is 2.77. The standard InChI is InChI=1S/C27H23NO5/c1-15-10-11-21-20(14-15)28-23(27(31)32-21)22(24(29)19-8-6-5-7-9-19)26(30)33-25-17(3)12-16(2)13-18(25)4/h5-14,28H,1-4H3. The summed E-state index contributed by atoms with van der Waals surface area (Å²) in [7, 11) is 0. The number of Topliss-reactive ketones (excluding diaryl/α,β-unsaturated/α-hetero) is 1. The molecule has 6 nitrogen and oxygen atoms in total. The van der Waals surface area contributed by atoms with Crippen LogP contribution >= 0.6 is 0 Å². The Morgan fingerprint density at radius 3 is 2.18 bits per heavy atom. The van der Waals surface area contributed by atoms with Gasteiger partial charge >= 0.3 is 11.9 Å². The molecule has 0 saturated heterocycles. The van der Waals surface area contributed by atoms with Gasteiger partial charge in [0.1, 0.15) is 17.0 Å². The van der Waals surface area contributed by atoms with E-state index in [1.54, 1.807) is 48.5 Å². The van der Waals surface area contributed by atoms with E-state index in [0.717, 1.165) is 22.3 Å². The number of benzene rings is 3. The number of carbonyl (C=O) groups is 3. The number of hydrogen-bond donors (Lipinski definition) is 1. The lowest BCUT2D eigenvalue weighted by atomic mass is 10.00. The Hall–Kier alpha value is -4.19. The van der Waals surface area contributed by atoms with Crippen molar-refractivity contribution in [3.05, 3.63) is 99.8 Å². The van der Waals surface area contributed by atoms with Crippen LogP contribution in [0.3, 0.4) is 0 Å². The molecule has 4 rings (SSSR count). The van der Waals surface area contributed by atoms with E-state index in [2.05, 4.69) is 5.32 Å². The summed E-state index contributed by atoms with van der Waals surface area (Å²) >= 11 is 0. The summed E-state index contributed by atoms with van der Waals surface area (Å²) in [5.74, 6) is -1.74. The Morgan fingerprint density at radius 1 is 0.848 bits per heavy atom. The summed E-state index contributed by atoms with van der Waals surface area (Å²) in [5, 5.41) is 2.93. The van der Waals surface area contributed by atoms with E-state index >= 15 is 0 Å². The molecule has 0 unspecified atom stereocenters. The van der Waals surface area contributed by atoms with Crippen molar-refractivity contribution in [2.24, 2.45) is 0 Å². The van der Waals surface area contributed by atoms with Gasteiger partial charge < -0.3 is 14.8 Å². The Kier molecular flexibility index (Phi) is 5.84. The summed E-state index contributed by atoms with van der Waals surface area (Å²) in [6.45, 7) is 7.47. The number of carbonyl (C=O) groups excluding carboxylic acids is 3. The van der Waals surface area contributed by atoms with Crippen molar-refractivity contribution in [3.63, 3.8) is 0 Å². The third-order valence-electron chi connectivity index (χ3n) is 5.32. The molecule has 0 aromatic heterocycles. The maximum atomic E-state index is 13.4. The molecule has 166 valence electrons. The van der Waals surface area contributed by atoms with Crippen molar-refractivity contribution in [3.8, 4) is 11.5 Å². The van der Waals surface area contributed by atoms with Crippen LogP contribution in [-0.2, 0) is 9.59 Å². The predicted octanol–water partition coefficient (Wildman–Crippen LogP) is 4.99. The van der Waals surface area contributed by atoms with Crippen LogP contribution in [0.1, 0.15) is 32.6 Å². The molecule has 0 bridgehead atoms. The Bertz CT molecular complexity index is 1300. The predicted molar refractivity (Wildman–Crippen MR) is 125 cm³/mol. The third kappa shape index (κ3) is 4.41. The number of ether oxygens (including phenoxy) is 2. The molecule has 1 aliphatic rings. The summed E-state index contributed by atoms with van der Waals surface area (Å²) in [6, 6.07) is 17.3. The molecule has 1 N–H and O–H groups in total. The van der Waals surface area contributed by atoms with E-state index < -0.39 is 23.3 Å². The molecule has 0 fully saturated rings. The number of rotatable bonds is 4. The number of hydrogen-bond acceptors (Lipinski definition) is 6. The van der Waals surface area contributed by atoms with Crippen molar-refractivity contribution < 1.29 is 23.9 Å². The molecule has 1 aliphatic heterocycles. The molecule has 6 heteroatoms. The second-order valence-corrected chi connectivity index (χ2v) is 8.08. The largest absolute Gasteiger partial charge is 0.422 e. The molecule has 0 atom stereocenters. The minimum absolute atomic E-state index is 0.249. The highest BCUT2D eigenvalue weighted by atomic mass is 16.5.